The van der Waals surface area contributed by atoms with Crippen LogP contribution < -0.4 is 26.6 Å². The van der Waals surface area contributed by atoms with E-state index in [1.807, 2.05) is 0 Å². The first-order valence-electron chi connectivity index (χ1n) is 11.2. The van der Waals surface area contributed by atoms with Crippen molar-refractivity contribution in [1.82, 2.24) is 15.3 Å². The molecule has 0 unspecified atom stereocenters. The predicted octanol–water partition coefficient (Wildman–Crippen LogP) is 2.28. The van der Waals surface area contributed by atoms with Crippen molar-refractivity contribution in [1.29, 1.82) is 0 Å². The molecule has 1 aliphatic carbocycles. The summed E-state index contributed by atoms with van der Waals surface area (Å²) in [5, 5.41) is 17.1. The van der Waals surface area contributed by atoms with Gasteiger partial charge in [0.15, 0.2) is 23.3 Å². The van der Waals surface area contributed by atoms with Gasteiger partial charge in [-0.1, -0.05) is 0 Å². The summed E-state index contributed by atoms with van der Waals surface area (Å²) < 4.78 is 35.5. The number of carbonyl (C=O) groups is 2. The second kappa shape index (κ2) is 10.3. The fourth-order valence-corrected chi connectivity index (χ4v) is 4.07. The van der Waals surface area contributed by atoms with E-state index in [2.05, 4.69) is 25.9 Å². The molecule has 4 rings (SSSR count). The summed E-state index contributed by atoms with van der Waals surface area (Å²) in [6.07, 6.45) is 1.91. The zero-order chi connectivity index (χ0) is 25.1. The third-order valence-electron chi connectivity index (χ3n) is 6.00. The number of amides is 2. The topological polar surface area (TPSA) is 155 Å². The van der Waals surface area contributed by atoms with Crippen molar-refractivity contribution in [2.45, 2.75) is 31.8 Å². The third kappa shape index (κ3) is 5.67. The number of rotatable bonds is 9. The normalized spacial score (nSPS) is 17.4. The van der Waals surface area contributed by atoms with E-state index in [1.165, 1.54) is 12.3 Å². The van der Waals surface area contributed by atoms with Crippen LogP contribution in [0.25, 0.3) is 0 Å². The average molecular weight is 491 g/mol. The van der Waals surface area contributed by atoms with E-state index in [1.54, 1.807) is 11.8 Å². The van der Waals surface area contributed by atoms with E-state index in [-0.39, 0.29) is 34.6 Å². The molecule has 3 heterocycles. The summed E-state index contributed by atoms with van der Waals surface area (Å²) in [5.74, 6) is -2.58. The minimum absolute atomic E-state index is 0.0197. The van der Waals surface area contributed by atoms with Crippen LogP contribution in [0.1, 0.15) is 30.1 Å². The number of nitrogens with one attached hydrogen (secondary N) is 3. The van der Waals surface area contributed by atoms with Gasteiger partial charge in [0.2, 0.25) is 0 Å². The van der Waals surface area contributed by atoms with Crippen LogP contribution >= 0.6 is 0 Å². The van der Waals surface area contributed by atoms with Gasteiger partial charge in [-0.05, 0) is 37.8 Å². The van der Waals surface area contributed by atoms with E-state index < -0.39 is 35.7 Å². The highest BCUT2D eigenvalue weighted by atomic mass is 19.1. The largest absolute Gasteiger partial charge is 0.465 e. The molecular formula is C22H27F2N7O4. The highest BCUT2D eigenvalue weighted by Gasteiger charge is 2.36. The van der Waals surface area contributed by atoms with Crippen molar-refractivity contribution >= 4 is 35.1 Å². The SMILES string of the molecule is C[C@H](NC(=O)O)[C@@H](Nc1nc(Nc2ccnc(N3CCOCC3)c2F)c(C(N)=O)cc1F)C1CC1. The molecular weight excluding hydrogens is 464 g/mol. The second-order valence-electron chi connectivity index (χ2n) is 8.55. The standard InChI is InChI=1S/C22H27F2N7O4/c1-11(27-22(33)34)17(12-2-3-12)29-20-14(23)10-13(18(25)32)19(30-20)28-15-4-5-26-21(16(15)24)31-6-8-35-9-7-31/h4-5,10-12,17,27H,2-3,6-9H2,1H3,(H2,25,32)(H,33,34)(H2,26,28,29,30)/t11-,17+/m0/s1. The highest BCUT2D eigenvalue weighted by Crippen LogP contribution is 2.36. The molecule has 35 heavy (non-hydrogen) atoms. The number of nitrogens with zero attached hydrogens (tertiary/aromatic N) is 3. The van der Waals surface area contributed by atoms with Crippen molar-refractivity contribution in [3.05, 3.63) is 35.5 Å². The predicted molar refractivity (Wildman–Crippen MR) is 124 cm³/mol. The van der Waals surface area contributed by atoms with Crippen molar-refractivity contribution in [3.63, 3.8) is 0 Å². The van der Waals surface area contributed by atoms with Gasteiger partial charge in [0, 0.05) is 25.3 Å². The van der Waals surface area contributed by atoms with Crippen LogP contribution in [0, 0.1) is 17.6 Å². The van der Waals surface area contributed by atoms with Gasteiger partial charge >= 0.3 is 6.09 Å². The number of pyridine rings is 2. The van der Waals surface area contributed by atoms with Gasteiger partial charge in [0.05, 0.1) is 30.5 Å². The molecule has 2 amide bonds. The highest BCUT2D eigenvalue weighted by molar-refractivity contribution is 5.98. The van der Waals surface area contributed by atoms with Crippen LogP contribution in [-0.4, -0.2) is 65.5 Å². The number of carbonyl (C=O) groups excluding carboxylic acids is 1. The summed E-state index contributed by atoms with van der Waals surface area (Å²) >= 11 is 0. The zero-order valence-electron chi connectivity index (χ0n) is 19.1. The maximum Gasteiger partial charge on any atom is 0.404 e. The molecule has 0 radical (unpaired) electrons. The summed E-state index contributed by atoms with van der Waals surface area (Å²) in [6, 6.07) is 1.31. The average Bonchev–Trinajstić information content (AvgIpc) is 3.65. The summed E-state index contributed by atoms with van der Waals surface area (Å²) in [4.78, 5) is 33.1. The van der Waals surface area contributed by atoms with Gasteiger partial charge in [-0.15, -0.1) is 0 Å². The van der Waals surface area contributed by atoms with Gasteiger partial charge in [0.1, 0.15) is 5.82 Å². The number of carboxylic acid groups (broad SMARTS) is 1. The molecule has 2 fully saturated rings. The van der Waals surface area contributed by atoms with Crippen LogP contribution in [0.3, 0.4) is 0 Å². The number of primary amides is 1. The fourth-order valence-electron chi connectivity index (χ4n) is 4.07. The minimum atomic E-state index is -1.20. The van der Waals surface area contributed by atoms with Crippen LogP contribution in [0.2, 0.25) is 0 Å². The lowest BCUT2D eigenvalue weighted by Crippen LogP contribution is -2.45. The summed E-state index contributed by atoms with van der Waals surface area (Å²) in [6.45, 7) is 3.48. The number of nitrogens with two attached hydrogens (primary N) is 1. The number of hydrogen-bond donors (Lipinski definition) is 5. The molecule has 11 nitrogen and oxygen atoms in total. The first kappa shape index (κ1) is 24.4. The third-order valence-corrected chi connectivity index (χ3v) is 6.00. The Morgan fingerprint density at radius 2 is 1.97 bits per heavy atom. The summed E-state index contributed by atoms with van der Waals surface area (Å²) in [5.41, 5.74) is 5.14. The lowest BCUT2D eigenvalue weighted by molar-refractivity contribution is 0.1000. The number of ether oxygens (including phenoxy) is 1. The second-order valence-corrected chi connectivity index (χ2v) is 8.55. The van der Waals surface area contributed by atoms with Gasteiger partial charge in [0.25, 0.3) is 5.91 Å². The monoisotopic (exact) mass is 491 g/mol. The number of morpholine rings is 1. The van der Waals surface area contributed by atoms with E-state index in [4.69, 9.17) is 15.6 Å². The molecule has 1 aliphatic heterocycles. The molecule has 13 heteroatoms. The molecule has 2 atom stereocenters. The molecule has 1 saturated heterocycles. The number of halogens is 2. The lowest BCUT2D eigenvalue weighted by atomic mass is 10.0. The van der Waals surface area contributed by atoms with E-state index in [9.17, 15) is 14.0 Å². The quantitative estimate of drug-likeness (QED) is 0.355. The fraction of sp³-hybridized carbons (Fsp3) is 0.455. The van der Waals surface area contributed by atoms with Crippen LogP contribution in [0.4, 0.5) is 36.7 Å². The van der Waals surface area contributed by atoms with Crippen LogP contribution in [0.15, 0.2) is 18.3 Å². The Labute approximate surface area is 200 Å². The number of aromatic nitrogens is 2. The molecule has 0 aromatic carbocycles. The Bertz CT molecular complexity index is 1110. The van der Waals surface area contributed by atoms with Crippen molar-refractivity contribution in [2.24, 2.45) is 11.7 Å². The van der Waals surface area contributed by atoms with E-state index in [0.717, 1.165) is 18.9 Å². The smallest absolute Gasteiger partial charge is 0.404 e. The molecule has 1 saturated carbocycles. The van der Waals surface area contributed by atoms with Gasteiger partial charge in [-0.25, -0.2) is 23.5 Å². The molecule has 188 valence electrons. The van der Waals surface area contributed by atoms with Crippen molar-refractivity contribution in [3.8, 4) is 0 Å². The number of hydrogen-bond acceptors (Lipinski definition) is 8. The van der Waals surface area contributed by atoms with Crippen molar-refractivity contribution < 1.29 is 28.2 Å². The van der Waals surface area contributed by atoms with E-state index >= 15 is 4.39 Å². The first-order chi connectivity index (χ1) is 16.7. The van der Waals surface area contributed by atoms with Crippen LogP contribution in [-0.2, 0) is 4.74 Å². The molecule has 2 aromatic heterocycles. The molecule has 0 bridgehead atoms. The van der Waals surface area contributed by atoms with Gasteiger partial charge < -0.3 is 36.4 Å². The Hall–Kier alpha value is -3.74. The maximum absolute atomic E-state index is 15.3. The van der Waals surface area contributed by atoms with Gasteiger partial charge in [-0.3, -0.25) is 4.79 Å². The Morgan fingerprint density at radius 1 is 1.26 bits per heavy atom. The Kier molecular flexibility index (Phi) is 7.15. The number of anilines is 4. The minimum Gasteiger partial charge on any atom is -0.465 e. The Balaban J connectivity index is 1.64. The van der Waals surface area contributed by atoms with E-state index in [0.29, 0.717) is 26.3 Å². The molecule has 0 spiro atoms. The summed E-state index contributed by atoms with van der Waals surface area (Å²) in [7, 11) is 0. The lowest BCUT2D eigenvalue weighted by Gasteiger charge is -2.28. The zero-order valence-corrected chi connectivity index (χ0v) is 19.1. The molecule has 2 aliphatic rings. The molecule has 2 aromatic rings. The Morgan fingerprint density at radius 3 is 2.60 bits per heavy atom. The van der Waals surface area contributed by atoms with Crippen LogP contribution in [0.5, 0.6) is 0 Å². The maximum atomic E-state index is 15.3. The van der Waals surface area contributed by atoms with Crippen molar-refractivity contribution in [2.75, 3.05) is 41.8 Å². The van der Waals surface area contributed by atoms with Gasteiger partial charge in [-0.2, -0.15) is 0 Å². The first-order valence-corrected chi connectivity index (χ1v) is 11.2. The molecule has 6 N–H and O–H groups in total.